The maximum absolute atomic E-state index is 12.0. The highest BCUT2D eigenvalue weighted by atomic mass is 32.2. The first kappa shape index (κ1) is 10.6. The predicted octanol–water partition coefficient (Wildman–Crippen LogP) is 0.993. The van der Waals surface area contributed by atoms with Gasteiger partial charge in [0.25, 0.3) is 0 Å². The van der Waals surface area contributed by atoms with Gasteiger partial charge in [-0.2, -0.15) is 4.31 Å². The van der Waals surface area contributed by atoms with Crippen LogP contribution in [0.15, 0.2) is 23.2 Å². The standard InChI is InChI=1S/C10H14N2O2S/c1-10(2)7-12(3)15(13,14)8-5-4-6-11-9(8)10/h4-6H,7H2,1-3H3. The quantitative estimate of drug-likeness (QED) is 0.663. The second kappa shape index (κ2) is 3.02. The lowest BCUT2D eigenvalue weighted by Gasteiger charge is -2.35. The predicted molar refractivity (Wildman–Crippen MR) is 57.1 cm³/mol. The van der Waals surface area contributed by atoms with Gasteiger partial charge in [-0.25, -0.2) is 8.42 Å². The molecule has 1 aromatic rings. The van der Waals surface area contributed by atoms with Crippen molar-refractivity contribution in [2.45, 2.75) is 24.2 Å². The maximum atomic E-state index is 12.0. The minimum Gasteiger partial charge on any atom is -0.259 e. The fourth-order valence-corrected chi connectivity index (χ4v) is 3.64. The van der Waals surface area contributed by atoms with Crippen LogP contribution in [0.4, 0.5) is 0 Å². The van der Waals surface area contributed by atoms with E-state index in [1.807, 2.05) is 13.8 Å². The first-order valence-electron chi connectivity index (χ1n) is 4.77. The Morgan fingerprint density at radius 1 is 1.47 bits per heavy atom. The van der Waals surface area contributed by atoms with Crippen molar-refractivity contribution in [2.24, 2.45) is 0 Å². The third-order valence-electron chi connectivity index (χ3n) is 2.72. The summed E-state index contributed by atoms with van der Waals surface area (Å²) in [5.74, 6) is 0. The van der Waals surface area contributed by atoms with Crippen molar-refractivity contribution in [3.63, 3.8) is 0 Å². The summed E-state index contributed by atoms with van der Waals surface area (Å²) in [5.41, 5.74) is 0.444. The van der Waals surface area contributed by atoms with E-state index >= 15 is 0 Å². The Labute approximate surface area is 90.0 Å². The molecule has 2 heterocycles. The fourth-order valence-electron chi connectivity index (χ4n) is 1.99. The molecule has 1 aliphatic heterocycles. The van der Waals surface area contributed by atoms with Crippen LogP contribution in [-0.2, 0) is 15.4 Å². The summed E-state index contributed by atoms with van der Waals surface area (Å²) < 4.78 is 25.3. The van der Waals surface area contributed by atoms with E-state index in [4.69, 9.17) is 0 Å². The van der Waals surface area contributed by atoms with Crippen LogP contribution in [0.5, 0.6) is 0 Å². The van der Waals surface area contributed by atoms with Gasteiger partial charge >= 0.3 is 0 Å². The summed E-state index contributed by atoms with van der Waals surface area (Å²) >= 11 is 0. The number of fused-ring (bicyclic) bond motifs is 1. The summed E-state index contributed by atoms with van der Waals surface area (Å²) in [6.45, 7) is 4.48. The highest BCUT2D eigenvalue weighted by Crippen LogP contribution is 2.34. The third kappa shape index (κ3) is 1.46. The lowest BCUT2D eigenvalue weighted by Crippen LogP contribution is -2.44. The molecule has 4 nitrogen and oxygen atoms in total. The minimum atomic E-state index is -3.32. The maximum Gasteiger partial charge on any atom is 0.244 e. The molecular formula is C10H14N2O2S. The second-order valence-electron chi connectivity index (χ2n) is 4.50. The summed E-state index contributed by atoms with van der Waals surface area (Å²) in [4.78, 5) is 4.53. The molecule has 0 aliphatic carbocycles. The highest BCUT2D eigenvalue weighted by Gasteiger charge is 2.40. The summed E-state index contributed by atoms with van der Waals surface area (Å²) in [5, 5.41) is 0. The van der Waals surface area contributed by atoms with E-state index in [-0.39, 0.29) is 5.41 Å². The molecule has 1 aromatic heterocycles. The summed E-state index contributed by atoms with van der Waals surface area (Å²) in [6.07, 6.45) is 1.64. The average Bonchev–Trinajstić information content (AvgIpc) is 2.15. The van der Waals surface area contributed by atoms with Crippen molar-refractivity contribution >= 4 is 10.0 Å². The molecule has 82 valence electrons. The molecule has 2 rings (SSSR count). The molecule has 15 heavy (non-hydrogen) atoms. The molecule has 5 heteroatoms. The number of hydrogen-bond donors (Lipinski definition) is 0. The number of aromatic nitrogens is 1. The van der Waals surface area contributed by atoms with Gasteiger partial charge in [-0.05, 0) is 12.1 Å². The molecule has 0 spiro atoms. The van der Waals surface area contributed by atoms with Gasteiger partial charge in [0.15, 0.2) is 0 Å². The lowest BCUT2D eigenvalue weighted by molar-refractivity contribution is 0.342. The third-order valence-corrected chi connectivity index (χ3v) is 4.55. The van der Waals surface area contributed by atoms with Crippen molar-refractivity contribution < 1.29 is 8.42 Å². The van der Waals surface area contributed by atoms with Crippen LogP contribution in [0.25, 0.3) is 0 Å². The SMILES string of the molecule is CN1CC(C)(C)c2ncccc2S1(=O)=O. The number of likely N-dealkylation sites (N-methyl/N-ethyl adjacent to an activating group) is 1. The summed E-state index contributed by atoms with van der Waals surface area (Å²) in [6, 6.07) is 3.28. The monoisotopic (exact) mass is 226 g/mol. The van der Waals surface area contributed by atoms with Crippen LogP contribution in [0.3, 0.4) is 0 Å². The van der Waals surface area contributed by atoms with Gasteiger partial charge in [-0.3, -0.25) is 4.98 Å². The van der Waals surface area contributed by atoms with Crippen molar-refractivity contribution in [1.29, 1.82) is 0 Å². The lowest BCUT2D eigenvalue weighted by atomic mass is 9.88. The first-order chi connectivity index (χ1) is 6.86. The zero-order chi connectivity index (χ0) is 11.3. The van der Waals surface area contributed by atoms with E-state index in [9.17, 15) is 8.42 Å². The van der Waals surface area contributed by atoms with E-state index in [1.165, 1.54) is 4.31 Å². The molecule has 0 radical (unpaired) electrons. The van der Waals surface area contributed by atoms with Gasteiger partial charge in [0.1, 0.15) is 4.90 Å². The van der Waals surface area contributed by atoms with E-state index < -0.39 is 10.0 Å². The van der Waals surface area contributed by atoms with E-state index in [1.54, 1.807) is 25.4 Å². The number of sulfonamides is 1. The molecule has 0 saturated carbocycles. The zero-order valence-corrected chi connectivity index (χ0v) is 9.87. The first-order valence-corrected chi connectivity index (χ1v) is 6.21. The van der Waals surface area contributed by atoms with Crippen molar-refractivity contribution in [3.05, 3.63) is 24.0 Å². The average molecular weight is 226 g/mol. The molecule has 0 atom stereocenters. The Hall–Kier alpha value is -0.940. The van der Waals surface area contributed by atoms with Crippen molar-refractivity contribution in [3.8, 4) is 0 Å². The van der Waals surface area contributed by atoms with Gasteiger partial charge in [-0.15, -0.1) is 0 Å². The van der Waals surface area contributed by atoms with Crippen molar-refractivity contribution in [2.75, 3.05) is 13.6 Å². The van der Waals surface area contributed by atoms with E-state index in [0.717, 1.165) is 0 Å². The molecule has 0 amide bonds. The molecular weight excluding hydrogens is 212 g/mol. The Morgan fingerprint density at radius 2 is 2.13 bits per heavy atom. The highest BCUT2D eigenvalue weighted by molar-refractivity contribution is 7.89. The summed E-state index contributed by atoms with van der Waals surface area (Å²) in [7, 11) is -1.72. The molecule has 0 unspecified atom stereocenters. The van der Waals surface area contributed by atoms with Gasteiger partial charge in [0, 0.05) is 25.2 Å². The number of rotatable bonds is 0. The van der Waals surface area contributed by atoms with E-state index in [0.29, 0.717) is 17.1 Å². The Kier molecular flexibility index (Phi) is 2.13. The van der Waals surface area contributed by atoms with Gasteiger partial charge < -0.3 is 0 Å². The number of nitrogens with zero attached hydrogens (tertiary/aromatic N) is 2. The minimum absolute atomic E-state index is 0.226. The van der Waals surface area contributed by atoms with Crippen LogP contribution in [-0.4, -0.2) is 31.3 Å². The van der Waals surface area contributed by atoms with Crippen LogP contribution in [0, 0.1) is 0 Å². The van der Waals surface area contributed by atoms with Crippen LogP contribution >= 0.6 is 0 Å². The van der Waals surface area contributed by atoms with E-state index in [2.05, 4.69) is 4.98 Å². The zero-order valence-electron chi connectivity index (χ0n) is 9.06. The van der Waals surface area contributed by atoms with Gasteiger partial charge in [-0.1, -0.05) is 13.8 Å². The topological polar surface area (TPSA) is 50.3 Å². The number of pyridine rings is 1. The fraction of sp³-hybridized carbons (Fsp3) is 0.500. The van der Waals surface area contributed by atoms with Crippen LogP contribution < -0.4 is 0 Å². The molecule has 0 fully saturated rings. The van der Waals surface area contributed by atoms with Crippen LogP contribution in [0.1, 0.15) is 19.5 Å². The molecule has 0 N–H and O–H groups in total. The molecule has 0 bridgehead atoms. The molecule has 0 aromatic carbocycles. The smallest absolute Gasteiger partial charge is 0.244 e. The normalized spacial score (nSPS) is 23.4. The second-order valence-corrected chi connectivity index (χ2v) is 6.51. The van der Waals surface area contributed by atoms with Gasteiger partial charge in [0.05, 0.1) is 5.69 Å². The van der Waals surface area contributed by atoms with Crippen LogP contribution in [0.2, 0.25) is 0 Å². The number of hydrogen-bond acceptors (Lipinski definition) is 3. The Bertz CT molecular complexity index is 494. The Morgan fingerprint density at radius 3 is 2.80 bits per heavy atom. The molecule has 1 aliphatic rings. The van der Waals surface area contributed by atoms with Crippen molar-refractivity contribution in [1.82, 2.24) is 9.29 Å². The molecule has 0 saturated heterocycles. The Balaban J connectivity index is 2.76. The van der Waals surface area contributed by atoms with Gasteiger partial charge in [0.2, 0.25) is 10.0 Å². The largest absolute Gasteiger partial charge is 0.259 e.